The number of alkyl halides is 3. The Hall–Kier alpha value is 0.388. The summed E-state index contributed by atoms with van der Waals surface area (Å²) in [5.74, 6) is -2.51. The standard InChI is InChI=1S/C3HF4NS2.Mo/c4-1(3(5,6)7)8-2(9)10;/h(H,9,10);/p-1. The first-order valence-corrected chi connectivity index (χ1v) is 2.68. The van der Waals surface area contributed by atoms with E-state index >= 15 is 0 Å². The molecule has 0 unspecified atom stereocenters. The summed E-state index contributed by atoms with van der Waals surface area (Å²) in [5.41, 5.74) is 0. The van der Waals surface area contributed by atoms with Crippen LogP contribution >= 0.6 is 12.2 Å². The van der Waals surface area contributed by atoms with Gasteiger partial charge < -0.3 is 24.8 Å². The number of hydrogen-bond donors (Lipinski definition) is 0. The molecule has 11 heavy (non-hydrogen) atoms. The van der Waals surface area contributed by atoms with Crippen LogP contribution in [0.4, 0.5) is 17.6 Å². The van der Waals surface area contributed by atoms with Crippen LogP contribution < -0.4 is 0 Å². The molecule has 0 aromatic heterocycles. The van der Waals surface area contributed by atoms with Crippen LogP contribution in [0.2, 0.25) is 0 Å². The fourth-order valence-electron chi connectivity index (χ4n) is 0.144. The minimum atomic E-state index is -5.08. The Morgan fingerprint density at radius 1 is 1.36 bits per heavy atom. The van der Waals surface area contributed by atoms with E-state index in [1.807, 2.05) is 0 Å². The molecule has 0 amide bonds. The first kappa shape index (κ1) is 13.9. The molecule has 0 N–H and O–H groups in total. The van der Waals surface area contributed by atoms with Crippen molar-refractivity contribution in [3.63, 3.8) is 0 Å². The van der Waals surface area contributed by atoms with Gasteiger partial charge in [-0.25, -0.2) is 4.99 Å². The number of rotatable bonds is 0. The minimum Gasteiger partial charge on any atom is -0.409 e. The van der Waals surface area contributed by atoms with Gasteiger partial charge in [0, 0.05) is 21.1 Å². The fourth-order valence-corrected chi connectivity index (χ4v) is 0.304. The second kappa shape index (κ2) is 5.11. The van der Waals surface area contributed by atoms with Crippen molar-refractivity contribution in [3.05, 3.63) is 0 Å². The topological polar surface area (TPSA) is 12.4 Å². The molecule has 0 spiro atoms. The summed E-state index contributed by atoms with van der Waals surface area (Å²) < 4.78 is 44.4. The minimum absolute atomic E-state index is 0. The summed E-state index contributed by atoms with van der Waals surface area (Å²) in [6.07, 6.45) is -5.08. The predicted molar refractivity (Wildman–Crippen MR) is 34.6 cm³/mol. The van der Waals surface area contributed by atoms with Gasteiger partial charge in [-0.3, -0.25) is 0 Å². The molecule has 0 atom stereocenters. The molecule has 0 heterocycles. The molecule has 0 aliphatic heterocycles. The molecule has 0 rings (SSSR count). The zero-order valence-electron chi connectivity index (χ0n) is 4.68. The van der Waals surface area contributed by atoms with Crippen LogP contribution in [0.25, 0.3) is 0 Å². The predicted octanol–water partition coefficient (Wildman–Crippen LogP) is 1.75. The van der Waals surface area contributed by atoms with Crippen LogP contribution in [0.3, 0.4) is 0 Å². The van der Waals surface area contributed by atoms with E-state index in [1.54, 1.807) is 0 Å². The summed E-state index contributed by atoms with van der Waals surface area (Å²) in [5, 5.41) is 0. The molecule has 8 heteroatoms. The Morgan fingerprint density at radius 3 is 1.82 bits per heavy atom. The number of halogens is 4. The Morgan fingerprint density at radius 2 is 1.73 bits per heavy atom. The third-order valence-electron chi connectivity index (χ3n) is 0.423. The summed E-state index contributed by atoms with van der Waals surface area (Å²) >= 11 is 7.86. The smallest absolute Gasteiger partial charge is 0.409 e. The second-order valence-electron chi connectivity index (χ2n) is 1.17. The van der Waals surface area contributed by atoms with E-state index in [-0.39, 0.29) is 21.1 Å². The van der Waals surface area contributed by atoms with Crippen molar-refractivity contribution in [2.24, 2.45) is 4.99 Å². The summed E-state index contributed by atoms with van der Waals surface area (Å²) in [7, 11) is 0. The Bertz CT molecular complexity index is 177. The van der Waals surface area contributed by atoms with Gasteiger partial charge in [-0.15, -0.1) is 0 Å². The molecule has 0 bridgehead atoms. The molecule has 0 radical (unpaired) electrons. The molecule has 1 nitrogen and oxygen atoms in total. The number of thiocarbonyl (C=S) groups is 1. The van der Waals surface area contributed by atoms with Crippen molar-refractivity contribution in [3.8, 4) is 0 Å². The van der Waals surface area contributed by atoms with Gasteiger partial charge >= 0.3 is 6.18 Å². The molecule has 0 saturated heterocycles. The molecule has 0 fully saturated rings. The Labute approximate surface area is 84.9 Å². The third-order valence-corrected chi connectivity index (χ3v) is 0.606. The Kier molecular flexibility index (Phi) is 6.48. The van der Waals surface area contributed by atoms with Gasteiger partial charge in [-0.05, 0) is 4.32 Å². The van der Waals surface area contributed by atoms with Gasteiger partial charge in [0.1, 0.15) is 0 Å². The van der Waals surface area contributed by atoms with E-state index in [2.05, 4.69) is 29.8 Å². The number of aliphatic imine (C=N–C) groups is 1. The van der Waals surface area contributed by atoms with E-state index < -0.39 is 16.5 Å². The van der Waals surface area contributed by atoms with Crippen molar-refractivity contribution in [2.75, 3.05) is 0 Å². The average molecular weight is 286 g/mol. The number of nitrogens with zero attached hydrogens (tertiary/aromatic N) is 1. The molecule has 0 aromatic carbocycles. The van der Waals surface area contributed by atoms with Crippen molar-refractivity contribution in [1.82, 2.24) is 0 Å². The van der Waals surface area contributed by atoms with Gasteiger partial charge in [-0.2, -0.15) is 17.6 Å². The SMILES string of the molecule is FC(=NC(=S)[S-])C(F)(F)F.[Mo]. The zero-order chi connectivity index (χ0) is 8.36. The normalized spacial score (nSPS) is 12.2. The van der Waals surface area contributed by atoms with Crippen LogP contribution in [0.5, 0.6) is 0 Å². The Balaban J connectivity index is 0. The quantitative estimate of drug-likeness (QED) is 0.221. The van der Waals surface area contributed by atoms with Crippen molar-refractivity contribution in [2.45, 2.75) is 6.18 Å². The van der Waals surface area contributed by atoms with E-state index in [4.69, 9.17) is 0 Å². The molecule has 0 aromatic rings. The van der Waals surface area contributed by atoms with Crippen LogP contribution in [-0.4, -0.2) is 16.5 Å². The molecular formula is C3F4MoNS2-. The third kappa shape index (κ3) is 6.77. The average Bonchev–Trinajstić information content (AvgIpc) is 1.60. The van der Waals surface area contributed by atoms with Crippen molar-refractivity contribution >= 4 is 35.1 Å². The maximum absolute atomic E-state index is 11.6. The second-order valence-corrected chi connectivity index (χ2v) is 2.20. The summed E-state index contributed by atoms with van der Waals surface area (Å²) in [6.45, 7) is 0. The first-order chi connectivity index (χ1) is 4.34. The molecule has 0 aliphatic rings. The summed E-state index contributed by atoms with van der Waals surface area (Å²) in [6, 6.07) is 0. The number of hydrogen-bond acceptors (Lipinski definition) is 2. The van der Waals surface area contributed by atoms with Gasteiger partial charge in [0.25, 0.3) is 5.97 Å². The van der Waals surface area contributed by atoms with Crippen molar-refractivity contribution < 1.29 is 38.6 Å². The van der Waals surface area contributed by atoms with Gasteiger partial charge in [-0.1, -0.05) is 0 Å². The summed E-state index contributed by atoms with van der Waals surface area (Å²) in [4.78, 5) is 2.22. The zero-order valence-corrected chi connectivity index (χ0v) is 8.32. The molecule has 0 aliphatic carbocycles. The molecule has 64 valence electrons. The van der Waals surface area contributed by atoms with E-state index in [0.717, 1.165) is 0 Å². The van der Waals surface area contributed by atoms with Crippen LogP contribution in [0.1, 0.15) is 0 Å². The molecule has 0 saturated carbocycles. The van der Waals surface area contributed by atoms with E-state index in [9.17, 15) is 17.6 Å². The van der Waals surface area contributed by atoms with E-state index in [0.29, 0.717) is 0 Å². The maximum atomic E-state index is 11.6. The van der Waals surface area contributed by atoms with Crippen LogP contribution in [-0.2, 0) is 33.7 Å². The largest absolute Gasteiger partial charge is 0.461 e. The fraction of sp³-hybridized carbons (Fsp3) is 0.333. The van der Waals surface area contributed by atoms with Gasteiger partial charge in [0.05, 0.1) is 0 Å². The van der Waals surface area contributed by atoms with Crippen LogP contribution in [0.15, 0.2) is 4.99 Å². The first-order valence-electron chi connectivity index (χ1n) is 1.86. The maximum Gasteiger partial charge on any atom is 0.461 e. The molecular weight excluding hydrogens is 286 g/mol. The monoisotopic (exact) mass is 288 g/mol. The van der Waals surface area contributed by atoms with Gasteiger partial charge in [0.2, 0.25) is 0 Å². The van der Waals surface area contributed by atoms with E-state index in [1.165, 1.54) is 0 Å². The van der Waals surface area contributed by atoms with Gasteiger partial charge in [0.15, 0.2) is 0 Å². The van der Waals surface area contributed by atoms with Crippen molar-refractivity contribution in [1.29, 1.82) is 0 Å². The van der Waals surface area contributed by atoms with Crippen LogP contribution in [0, 0.1) is 0 Å².